The number of hydrogen-bond donors (Lipinski definition) is 1. The minimum Gasteiger partial charge on any atom is -0.466 e. The number of carbonyl (C=O) groups is 1. The number of amides is 1. The van der Waals surface area contributed by atoms with Crippen molar-refractivity contribution in [2.75, 3.05) is 5.32 Å². The predicted molar refractivity (Wildman–Crippen MR) is 93.2 cm³/mol. The molecule has 0 atom stereocenters. The van der Waals surface area contributed by atoms with Gasteiger partial charge in [0.05, 0.1) is 11.3 Å². The van der Waals surface area contributed by atoms with Crippen molar-refractivity contribution in [1.29, 1.82) is 0 Å². The third-order valence-electron chi connectivity index (χ3n) is 3.68. The molecule has 0 saturated heterocycles. The first-order valence-electron chi connectivity index (χ1n) is 7.35. The van der Waals surface area contributed by atoms with Gasteiger partial charge >= 0.3 is 0 Å². The third-order valence-corrected chi connectivity index (χ3v) is 4.44. The van der Waals surface area contributed by atoms with E-state index in [1.807, 2.05) is 12.3 Å². The second kappa shape index (κ2) is 6.01. The van der Waals surface area contributed by atoms with Gasteiger partial charge < -0.3 is 4.42 Å². The van der Waals surface area contributed by atoms with Gasteiger partial charge in [0, 0.05) is 10.9 Å². The van der Waals surface area contributed by atoms with Crippen LogP contribution in [0.15, 0.2) is 34.1 Å². The number of benzene rings is 1. The molecule has 0 aliphatic carbocycles. The molecule has 0 unspecified atom stereocenters. The SMILES string of the molecule is Cc1ccc(C)c(-c2csc(NC(=O)c3cc(C)oc3C)n2)c1. The van der Waals surface area contributed by atoms with Crippen molar-refractivity contribution in [3.63, 3.8) is 0 Å². The first-order valence-corrected chi connectivity index (χ1v) is 8.23. The van der Waals surface area contributed by atoms with Crippen molar-refractivity contribution in [2.45, 2.75) is 27.7 Å². The zero-order chi connectivity index (χ0) is 16.6. The summed E-state index contributed by atoms with van der Waals surface area (Å²) in [5, 5.41) is 5.40. The number of furan rings is 1. The lowest BCUT2D eigenvalue weighted by Gasteiger charge is -2.04. The molecule has 0 bridgehead atoms. The molecule has 5 heteroatoms. The fourth-order valence-electron chi connectivity index (χ4n) is 2.49. The van der Waals surface area contributed by atoms with E-state index in [0.29, 0.717) is 16.5 Å². The molecule has 0 fully saturated rings. The molecule has 1 aromatic carbocycles. The maximum absolute atomic E-state index is 12.3. The summed E-state index contributed by atoms with van der Waals surface area (Å²) in [4.78, 5) is 16.9. The Morgan fingerprint density at radius 1 is 1.17 bits per heavy atom. The Kier molecular flexibility index (Phi) is 4.05. The van der Waals surface area contributed by atoms with Crippen LogP contribution in [-0.4, -0.2) is 10.9 Å². The lowest BCUT2D eigenvalue weighted by Crippen LogP contribution is -2.11. The summed E-state index contributed by atoms with van der Waals surface area (Å²) in [5.41, 5.74) is 4.88. The zero-order valence-electron chi connectivity index (χ0n) is 13.6. The largest absolute Gasteiger partial charge is 0.466 e. The van der Waals surface area contributed by atoms with E-state index < -0.39 is 0 Å². The van der Waals surface area contributed by atoms with Crippen molar-refractivity contribution in [2.24, 2.45) is 0 Å². The number of nitrogens with zero attached hydrogens (tertiary/aromatic N) is 1. The topological polar surface area (TPSA) is 55.1 Å². The van der Waals surface area contributed by atoms with Gasteiger partial charge in [-0.3, -0.25) is 10.1 Å². The molecule has 0 aliphatic rings. The molecule has 23 heavy (non-hydrogen) atoms. The van der Waals surface area contributed by atoms with Gasteiger partial charge in [-0.1, -0.05) is 17.7 Å². The summed E-state index contributed by atoms with van der Waals surface area (Å²) in [5.74, 6) is 1.15. The maximum atomic E-state index is 12.3. The van der Waals surface area contributed by atoms with Gasteiger partial charge in [-0.15, -0.1) is 11.3 Å². The highest BCUT2D eigenvalue weighted by molar-refractivity contribution is 7.14. The molecule has 1 N–H and O–H groups in total. The van der Waals surface area contributed by atoms with Gasteiger partial charge in [0.1, 0.15) is 11.5 Å². The van der Waals surface area contributed by atoms with E-state index in [9.17, 15) is 4.79 Å². The van der Waals surface area contributed by atoms with Crippen LogP contribution in [0, 0.1) is 27.7 Å². The molecule has 3 aromatic rings. The predicted octanol–water partition coefficient (Wildman–Crippen LogP) is 4.89. The fourth-order valence-corrected chi connectivity index (χ4v) is 3.19. The third kappa shape index (κ3) is 3.19. The van der Waals surface area contributed by atoms with Gasteiger partial charge in [-0.05, 0) is 45.4 Å². The monoisotopic (exact) mass is 326 g/mol. The molecule has 1 amide bonds. The summed E-state index contributed by atoms with van der Waals surface area (Å²) < 4.78 is 5.40. The van der Waals surface area contributed by atoms with Crippen LogP contribution in [0.2, 0.25) is 0 Å². The van der Waals surface area contributed by atoms with E-state index in [2.05, 4.69) is 42.3 Å². The summed E-state index contributed by atoms with van der Waals surface area (Å²) in [6.07, 6.45) is 0. The van der Waals surface area contributed by atoms with E-state index in [-0.39, 0.29) is 5.91 Å². The van der Waals surface area contributed by atoms with Crippen molar-refractivity contribution in [3.05, 3.63) is 57.9 Å². The highest BCUT2D eigenvalue weighted by atomic mass is 32.1. The lowest BCUT2D eigenvalue weighted by atomic mass is 10.0. The highest BCUT2D eigenvalue weighted by Crippen LogP contribution is 2.28. The summed E-state index contributed by atoms with van der Waals surface area (Å²) >= 11 is 1.42. The Hall–Kier alpha value is -2.40. The van der Waals surface area contributed by atoms with Crippen LogP contribution in [0.25, 0.3) is 11.3 Å². The second-order valence-electron chi connectivity index (χ2n) is 5.64. The Bertz CT molecular complexity index is 877. The van der Waals surface area contributed by atoms with Crippen molar-refractivity contribution >= 4 is 22.4 Å². The van der Waals surface area contributed by atoms with Crippen LogP contribution < -0.4 is 5.32 Å². The van der Waals surface area contributed by atoms with Gasteiger partial charge in [-0.2, -0.15) is 0 Å². The minimum absolute atomic E-state index is 0.193. The first kappa shape index (κ1) is 15.5. The quantitative estimate of drug-likeness (QED) is 0.745. The fraction of sp³-hybridized carbons (Fsp3) is 0.222. The number of nitrogens with one attached hydrogen (secondary N) is 1. The molecule has 0 aliphatic heterocycles. The average molecular weight is 326 g/mol. The molecular weight excluding hydrogens is 308 g/mol. The number of anilines is 1. The van der Waals surface area contributed by atoms with Gasteiger partial charge in [0.2, 0.25) is 0 Å². The summed E-state index contributed by atoms with van der Waals surface area (Å²) in [6.45, 7) is 7.73. The van der Waals surface area contributed by atoms with Crippen LogP contribution in [0.4, 0.5) is 5.13 Å². The van der Waals surface area contributed by atoms with Crippen LogP contribution in [-0.2, 0) is 0 Å². The Morgan fingerprint density at radius 3 is 2.65 bits per heavy atom. The first-order chi connectivity index (χ1) is 10.9. The van der Waals surface area contributed by atoms with Gasteiger partial charge in [0.15, 0.2) is 5.13 Å². The standard InChI is InChI=1S/C18H18N2O2S/c1-10-5-6-11(2)14(7-10)16-9-23-18(19-16)20-17(21)15-8-12(3)22-13(15)4/h5-9H,1-4H3,(H,19,20,21). The smallest absolute Gasteiger partial charge is 0.260 e. The summed E-state index contributed by atoms with van der Waals surface area (Å²) in [6, 6.07) is 8.02. The average Bonchev–Trinajstić information content (AvgIpc) is 3.08. The van der Waals surface area contributed by atoms with E-state index in [1.165, 1.54) is 22.5 Å². The molecule has 4 nitrogen and oxygen atoms in total. The van der Waals surface area contributed by atoms with Crippen LogP contribution in [0.5, 0.6) is 0 Å². The van der Waals surface area contributed by atoms with Crippen molar-refractivity contribution in [3.8, 4) is 11.3 Å². The normalized spacial score (nSPS) is 10.8. The van der Waals surface area contributed by atoms with Crippen molar-refractivity contribution in [1.82, 2.24) is 4.98 Å². The number of rotatable bonds is 3. The van der Waals surface area contributed by atoms with Gasteiger partial charge in [-0.25, -0.2) is 4.98 Å². The molecule has 0 radical (unpaired) electrons. The lowest BCUT2D eigenvalue weighted by molar-refractivity contribution is 0.102. The molecule has 3 rings (SSSR count). The Labute approximate surface area is 139 Å². The van der Waals surface area contributed by atoms with E-state index in [4.69, 9.17) is 4.42 Å². The van der Waals surface area contributed by atoms with Crippen molar-refractivity contribution < 1.29 is 9.21 Å². The zero-order valence-corrected chi connectivity index (χ0v) is 14.4. The number of carbonyl (C=O) groups excluding carboxylic acids is 1. The molecule has 0 saturated carbocycles. The number of aromatic nitrogens is 1. The van der Waals surface area contributed by atoms with Crippen LogP contribution >= 0.6 is 11.3 Å². The number of thiazole rings is 1. The van der Waals surface area contributed by atoms with E-state index in [1.54, 1.807) is 13.0 Å². The van der Waals surface area contributed by atoms with Crippen LogP contribution in [0.1, 0.15) is 33.0 Å². The molecular formula is C18H18N2O2S. The highest BCUT2D eigenvalue weighted by Gasteiger charge is 2.15. The molecule has 2 heterocycles. The maximum Gasteiger partial charge on any atom is 0.260 e. The van der Waals surface area contributed by atoms with Crippen LogP contribution in [0.3, 0.4) is 0 Å². The number of hydrogen-bond acceptors (Lipinski definition) is 4. The second-order valence-corrected chi connectivity index (χ2v) is 6.50. The molecule has 0 spiro atoms. The number of aryl methyl sites for hydroxylation is 4. The molecule has 2 aromatic heterocycles. The summed E-state index contributed by atoms with van der Waals surface area (Å²) in [7, 11) is 0. The Balaban J connectivity index is 1.84. The van der Waals surface area contributed by atoms with E-state index >= 15 is 0 Å². The Morgan fingerprint density at radius 2 is 1.96 bits per heavy atom. The minimum atomic E-state index is -0.193. The van der Waals surface area contributed by atoms with E-state index in [0.717, 1.165) is 17.0 Å². The van der Waals surface area contributed by atoms with Gasteiger partial charge in [0.25, 0.3) is 5.91 Å². The molecule has 118 valence electrons.